The molecule has 0 saturated carbocycles. The minimum Gasteiger partial charge on any atom is -0.481 e. The van der Waals surface area contributed by atoms with Crippen LogP contribution in [0.1, 0.15) is 19.8 Å². The maximum atomic E-state index is 11.9. The van der Waals surface area contributed by atoms with E-state index in [0.29, 0.717) is 6.54 Å². The first-order chi connectivity index (χ1) is 9.31. The smallest absolute Gasteiger partial charge is 0.303 e. The lowest BCUT2D eigenvalue weighted by atomic mass is 10.1. The third kappa shape index (κ3) is 4.52. The molecule has 0 aromatic carbocycles. The van der Waals surface area contributed by atoms with Gasteiger partial charge < -0.3 is 20.6 Å². The Hall–Kier alpha value is -2.12. The Bertz CT molecular complexity index is 423. The molecule has 1 aliphatic heterocycles. The number of carbonyl (C=O) groups is 4. The lowest BCUT2D eigenvalue weighted by molar-refractivity contribution is -0.141. The van der Waals surface area contributed by atoms with E-state index < -0.39 is 17.8 Å². The molecule has 3 amide bonds. The highest BCUT2D eigenvalue weighted by atomic mass is 16.4. The predicted molar refractivity (Wildman–Crippen MR) is 68.4 cm³/mol. The van der Waals surface area contributed by atoms with E-state index in [-0.39, 0.29) is 44.3 Å². The van der Waals surface area contributed by atoms with Gasteiger partial charge >= 0.3 is 5.97 Å². The molecule has 20 heavy (non-hydrogen) atoms. The number of carboxylic acid groups (broad SMARTS) is 1. The average molecular weight is 285 g/mol. The van der Waals surface area contributed by atoms with Gasteiger partial charge in [-0.2, -0.15) is 0 Å². The van der Waals surface area contributed by atoms with Crippen LogP contribution in [0.25, 0.3) is 0 Å². The fraction of sp³-hybridized carbons (Fsp3) is 0.667. The van der Waals surface area contributed by atoms with Crippen molar-refractivity contribution in [2.24, 2.45) is 11.7 Å². The van der Waals surface area contributed by atoms with Crippen molar-refractivity contribution in [2.75, 3.05) is 26.2 Å². The van der Waals surface area contributed by atoms with Crippen LogP contribution in [0.4, 0.5) is 0 Å². The van der Waals surface area contributed by atoms with E-state index in [1.807, 2.05) is 0 Å². The van der Waals surface area contributed by atoms with Crippen LogP contribution < -0.4 is 5.73 Å². The highest BCUT2D eigenvalue weighted by molar-refractivity contribution is 5.83. The Balaban J connectivity index is 2.73. The third-order valence-electron chi connectivity index (χ3n) is 3.27. The monoisotopic (exact) mass is 285 g/mol. The van der Waals surface area contributed by atoms with Crippen LogP contribution in [0.5, 0.6) is 0 Å². The summed E-state index contributed by atoms with van der Waals surface area (Å²) in [5, 5.41) is 8.57. The molecule has 3 N–H and O–H groups in total. The molecule has 112 valence electrons. The first-order valence-electron chi connectivity index (χ1n) is 6.35. The molecule has 1 saturated heterocycles. The Morgan fingerprint density at radius 3 is 2.15 bits per heavy atom. The van der Waals surface area contributed by atoms with Gasteiger partial charge in [0, 0.05) is 39.5 Å². The first kappa shape index (κ1) is 15.9. The maximum Gasteiger partial charge on any atom is 0.303 e. The Morgan fingerprint density at radius 1 is 1.10 bits per heavy atom. The highest BCUT2D eigenvalue weighted by Crippen LogP contribution is 2.11. The summed E-state index contributed by atoms with van der Waals surface area (Å²) in [6.07, 6.45) is -0.381. The fourth-order valence-corrected chi connectivity index (χ4v) is 2.08. The summed E-state index contributed by atoms with van der Waals surface area (Å²) in [5.74, 6) is -2.78. The van der Waals surface area contributed by atoms with Gasteiger partial charge in [0.25, 0.3) is 0 Å². The van der Waals surface area contributed by atoms with Gasteiger partial charge in [0.15, 0.2) is 0 Å². The quantitative estimate of drug-likeness (QED) is 0.661. The standard InChI is InChI=1S/C12H19N3O5/c1-8(16)14-4-5-15(7-9(6-14)12(13)20)10(17)2-3-11(18)19/h9H,2-7H2,1H3,(H2,13,20)(H,18,19). The van der Waals surface area contributed by atoms with Crippen molar-refractivity contribution in [3.8, 4) is 0 Å². The van der Waals surface area contributed by atoms with Crippen molar-refractivity contribution in [1.29, 1.82) is 0 Å². The van der Waals surface area contributed by atoms with Crippen molar-refractivity contribution in [3.63, 3.8) is 0 Å². The summed E-state index contributed by atoms with van der Waals surface area (Å²) < 4.78 is 0. The zero-order chi connectivity index (χ0) is 15.3. The van der Waals surface area contributed by atoms with Crippen LogP contribution in [0, 0.1) is 5.92 Å². The number of aliphatic carboxylic acids is 1. The van der Waals surface area contributed by atoms with E-state index in [4.69, 9.17) is 10.8 Å². The first-order valence-corrected chi connectivity index (χ1v) is 6.35. The van der Waals surface area contributed by atoms with Gasteiger partial charge in [0.05, 0.1) is 12.3 Å². The lowest BCUT2D eigenvalue weighted by Gasteiger charge is -2.22. The number of nitrogens with two attached hydrogens (primary N) is 1. The van der Waals surface area contributed by atoms with E-state index in [9.17, 15) is 19.2 Å². The molecule has 8 heteroatoms. The van der Waals surface area contributed by atoms with Crippen molar-refractivity contribution in [2.45, 2.75) is 19.8 Å². The summed E-state index contributed by atoms with van der Waals surface area (Å²) in [4.78, 5) is 48.0. The zero-order valence-corrected chi connectivity index (χ0v) is 11.4. The van der Waals surface area contributed by atoms with Crippen LogP contribution in [-0.2, 0) is 19.2 Å². The van der Waals surface area contributed by atoms with Gasteiger partial charge in [-0.05, 0) is 0 Å². The summed E-state index contributed by atoms with van der Waals surface area (Å²) in [5.41, 5.74) is 5.27. The molecular formula is C12H19N3O5. The normalized spacial score (nSPS) is 19.4. The molecule has 1 rings (SSSR count). The highest BCUT2D eigenvalue weighted by Gasteiger charge is 2.29. The molecule has 1 fully saturated rings. The third-order valence-corrected chi connectivity index (χ3v) is 3.27. The van der Waals surface area contributed by atoms with E-state index in [1.165, 1.54) is 16.7 Å². The molecule has 8 nitrogen and oxygen atoms in total. The zero-order valence-electron chi connectivity index (χ0n) is 11.4. The minimum absolute atomic E-state index is 0.123. The molecule has 1 heterocycles. The number of primary amides is 1. The van der Waals surface area contributed by atoms with Crippen molar-refractivity contribution in [1.82, 2.24) is 9.80 Å². The predicted octanol–water partition coefficient (Wildman–Crippen LogP) is -1.36. The van der Waals surface area contributed by atoms with E-state index in [1.54, 1.807) is 0 Å². The molecule has 0 aromatic rings. The molecule has 1 unspecified atom stereocenters. The second-order valence-electron chi connectivity index (χ2n) is 4.80. The lowest BCUT2D eigenvalue weighted by Crippen LogP contribution is -2.40. The summed E-state index contributed by atoms with van der Waals surface area (Å²) in [6.45, 7) is 2.30. The maximum absolute atomic E-state index is 11.9. The minimum atomic E-state index is -1.05. The molecule has 0 aliphatic carbocycles. The van der Waals surface area contributed by atoms with Crippen LogP contribution in [0.15, 0.2) is 0 Å². The molecule has 0 aromatic heterocycles. The topological polar surface area (TPSA) is 121 Å². The number of nitrogens with zero attached hydrogens (tertiary/aromatic N) is 2. The molecule has 0 radical (unpaired) electrons. The van der Waals surface area contributed by atoms with Crippen LogP contribution in [0.2, 0.25) is 0 Å². The number of carboxylic acids is 1. The number of carbonyl (C=O) groups excluding carboxylic acids is 3. The average Bonchev–Trinajstić information content (AvgIpc) is 2.58. The molecule has 0 spiro atoms. The van der Waals surface area contributed by atoms with Crippen LogP contribution in [-0.4, -0.2) is 64.8 Å². The summed E-state index contributed by atoms with van der Waals surface area (Å²) in [7, 11) is 0. The van der Waals surface area contributed by atoms with Gasteiger partial charge in [-0.15, -0.1) is 0 Å². The van der Waals surface area contributed by atoms with Gasteiger partial charge in [-0.3, -0.25) is 19.2 Å². The van der Waals surface area contributed by atoms with Crippen molar-refractivity contribution < 1.29 is 24.3 Å². The molecule has 1 atom stereocenters. The summed E-state index contributed by atoms with van der Waals surface area (Å²) >= 11 is 0. The molecule has 1 aliphatic rings. The second-order valence-corrected chi connectivity index (χ2v) is 4.80. The Labute approximate surface area is 116 Å². The number of amides is 3. The van der Waals surface area contributed by atoms with Crippen LogP contribution >= 0.6 is 0 Å². The van der Waals surface area contributed by atoms with Gasteiger partial charge in [-0.1, -0.05) is 0 Å². The van der Waals surface area contributed by atoms with E-state index >= 15 is 0 Å². The van der Waals surface area contributed by atoms with Gasteiger partial charge in [0.2, 0.25) is 17.7 Å². The van der Waals surface area contributed by atoms with Gasteiger partial charge in [0.1, 0.15) is 0 Å². The SMILES string of the molecule is CC(=O)N1CCN(C(=O)CCC(=O)O)CC(C(N)=O)C1. The summed E-state index contributed by atoms with van der Waals surface area (Å²) in [6, 6.07) is 0. The second kappa shape index (κ2) is 6.88. The number of hydrogen-bond donors (Lipinski definition) is 2. The van der Waals surface area contributed by atoms with Crippen molar-refractivity contribution >= 4 is 23.7 Å². The van der Waals surface area contributed by atoms with Crippen LogP contribution in [0.3, 0.4) is 0 Å². The fourth-order valence-electron chi connectivity index (χ4n) is 2.08. The van der Waals surface area contributed by atoms with Crippen molar-refractivity contribution in [3.05, 3.63) is 0 Å². The largest absolute Gasteiger partial charge is 0.481 e. The number of rotatable bonds is 4. The van der Waals surface area contributed by atoms with Gasteiger partial charge in [-0.25, -0.2) is 0 Å². The van der Waals surface area contributed by atoms with E-state index in [2.05, 4.69) is 0 Å². The Morgan fingerprint density at radius 2 is 1.65 bits per heavy atom. The Kier molecular flexibility index (Phi) is 5.48. The molecule has 0 bridgehead atoms. The molecular weight excluding hydrogens is 266 g/mol. The number of hydrogen-bond acceptors (Lipinski definition) is 4. The van der Waals surface area contributed by atoms with E-state index in [0.717, 1.165) is 0 Å².